The van der Waals surface area contributed by atoms with Crippen molar-refractivity contribution in [2.75, 3.05) is 13.7 Å². The van der Waals surface area contributed by atoms with Gasteiger partial charge in [0.2, 0.25) is 0 Å². The van der Waals surface area contributed by atoms with Gasteiger partial charge in [-0.05, 0) is 55.9 Å². The van der Waals surface area contributed by atoms with Crippen molar-refractivity contribution >= 4 is 29.3 Å². The molecule has 0 aliphatic carbocycles. The Bertz CT molecular complexity index is 955. The van der Waals surface area contributed by atoms with Crippen molar-refractivity contribution in [3.8, 4) is 5.75 Å². The number of nitrogens with zero attached hydrogens (tertiary/aromatic N) is 1. The number of carbonyl (C=O) groups is 2. The zero-order chi connectivity index (χ0) is 21.0. The molecule has 2 aromatic rings. The average molecular weight is 410 g/mol. The Kier molecular flexibility index (Phi) is 6.29. The lowest BCUT2D eigenvalue weighted by atomic mass is 9.95. The molecule has 0 radical (unpaired) electrons. The van der Waals surface area contributed by atoms with Gasteiger partial charge in [0.1, 0.15) is 5.75 Å². The van der Waals surface area contributed by atoms with Crippen LogP contribution < -0.4 is 10.1 Å². The molecular formula is C22H22N2O4S. The number of allylic oxidation sites excluding steroid dienone is 1. The largest absolute Gasteiger partial charge is 0.463 e. The van der Waals surface area contributed by atoms with Gasteiger partial charge >= 0.3 is 11.9 Å². The molecule has 0 aromatic heterocycles. The molecule has 3 rings (SSSR count). The molecule has 1 N–H and O–H groups in total. The van der Waals surface area contributed by atoms with Crippen LogP contribution in [0.2, 0.25) is 0 Å². The Morgan fingerprint density at radius 3 is 2.34 bits per heavy atom. The summed E-state index contributed by atoms with van der Waals surface area (Å²) in [6, 6.07) is 15.3. The van der Waals surface area contributed by atoms with Crippen LogP contribution in [0, 0.1) is 0 Å². The van der Waals surface area contributed by atoms with Crippen molar-refractivity contribution in [2.24, 2.45) is 0 Å². The molecule has 2 aromatic carbocycles. The molecule has 1 aliphatic rings. The normalized spacial score (nSPS) is 16.3. The summed E-state index contributed by atoms with van der Waals surface area (Å²) < 4.78 is 10.7. The first-order valence-corrected chi connectivity index (χ1v) is 9.62. The monoisotopic (exact) mass is 410 g/mol. The summed E-state index contributed by atoms with van der Waals surface area (Å²) in [7, 11) is 1.80. The number of hydrogen-bond donors (Lipinski definition) is 1. The van der Waals surface area contributed by atoms with Gasteiger partial charge in [0, 0.05) is 12.7 Å². The third-order valence-electron chi connectivity index (χ3n) is 4.68. The molecule has 1 aliphatic heterocycles. The van der Waals surface area contributed by atoms with E-state index >= 15 is 0 Å². The van der Waals surface area contributed by atoms with E-state index < -0.39 is 18.0 Å². The van der Waals surface area contributed by atoms with E-state index in [-0.39, 0.29) is 6.61 Å². The summed E-state index contributed by atoms with van der Waals surface area (Å²) >= 11 is 5.38. The minimum Gasteiger partial charge on any atom is -0.463 e. The van der Waals surface area contributed by atoms with Gasteiger partial charge in [0.05, 0.1) is 23.8 Å². The lowest BCUT2D eigenvalue weighted by Gasteiger charge is -2.35. The maximum Gasteiger partial charge on any atom is 0.343 e. The molecule has 1 atom stereocenters. The quantitative estimate of drug-likeness (QED) is 0.459. The molecule has 29 heavy (non-hydrogen) atoms. The van der Waals surface area contributed by atoms with Crippen LogP contribution in [-0.4, -0.2) is 35.6 Å². The highest BCUT2D eigenvalue weighted by molar-refractivity contribution is 7.80. The van der Waals surface area contributed by atoms with Crippen molar-refractivity contribution in [2.45, 2.75) is 19.9 Å². The molecule has 0 spiro atoms. The van der Waals surface area contributed by atoms with Gasteiger partial charge in [-0.25, -0.2) is 9.59 Å². The number of thiocarbonyl (C=S) groups is 1. The fourth-order valence-corrected chi connectivity index (χ4v) is 3.28. The van der Waals surface area contributed by atoms with E-state index in [2.05, 4.69) is 5.32 Å². The maximum absolute atomic E-state index is 12.6. The molecule has 150 valence electrons. The molecule has 7 heteroatoms. The number of nitrogens with one attached hydrogen (secondary N) is 1. The summed E-state index contributed by atoms with van der Waals surface area (Å²) in [5, 5.41) is 3.69. The molecule has 1 heterocycles. The van der Waals surface area contributed by atoms with E-state index in [0.29, 0.717) is 22.0 Å². The highest BCUT2D eigenvalue weighted by atomic mass is 32.1. The minimum atomic E-state index is -0.448. The highest BCUT2D eigenvalue weighted by Crippen LogP contribution is 2.31. The zero-order valence-corrected chi connectivity index (χ0v) is 17.3. The molecule has 0 amide bonds. The predicted octanol–water partition coefficient (Wildman–Crippen LogP) is 3.60. The summed E-state index contributed by atoms with van der Waals surface area (Å²) in [6.07, 6.45) is 0. The molecule has 0 bridgehead atoms. The van der Waals surface area contributed by atoms with Crippen LogP contribution in [0.3, 0.4) is 0 Å². The third-order valence-corrected chi connectivity index (χ3v) is 5.07. The first-order valence-electron chi connectivity index (χ1n) is 9.21. The van der Waals surface area contributed by atoms with Gasteiger partial charge in [-0.15, -0.1) is 0 Å². The Morgan fingerprint density at radius 2 is 1.72 bits per heavy atom. The van der Waals surface area contributed by atoms with Gasteiger partial charge in [0.25, 0.3) is 0 Å². The molecule has 0 fully saturated rings. The van der Waals surface area contributed by atoms with E-state index in [1.54, 1.807) is 67.4 Å². The number of hydrogen-bond acceptors (Lipinski definition) is 5. The first-order chi connectivity index (χ1) is 13.9. The van der Waals surface area contributed by atoms with Crippen LogP contribution in [0.5, 0.6) is 5.75 Å². The summed E-state index contributed by atoms with van der Waals surface area (Å²) in [5.74, 6) is -0.409. The zero-order valence-electron chi connectivity index (χ0n) is 16.5. The smallest absolute Gasteiger partial charge is 0.343 e. The first kappa shape index (κ1) is 20.5. The SMILES string of the molecule is CCOC(=O)C1=C(C)N(C)C(=S)N[C@@H]1c1ccc(OC(=O)c2ccccc2)cc1. The second kappa shape index (κ2) is 8.87. The van der Waals surface area contributed by atoms with Gasteiger partial charge < -0.3 is 19.7 Å². The summed E-state index contributed by atoms with van der Waals surface area (Å²) in [5.41, 5.74) is 2.51. The Hall–Kier alpha value is -3.19. The average Bonchev–Trinajstić information content (AvgIpc) is 2.73. The second-order valence-corrected chi connectivity index (χ2v) is 6.87. The van der Waals surface area contributed by atoms with Crippen molar-refractivity contribution < 1.29 is 19.1 Å². The van der Waals surface area contributed by atoms with E-state index in [4.69, 9.17) is 21.7 Å². The minimum absolute atomic E-state index is 0.283. The number of esters is 2. The number of rotatable bonds is 5. The second-order valence-electron chi connectivity index (χ2n) is 6.49. The fraction of sp³-hybridized carbons (Fsp3) is 0.227. The van der Waals surface area contributed by atoms with E-state index in [9.17, 15) is 9.59 Å². The Labute approximate surface area is 175 Å². The van der Waals surface area contributed by atoms with Crippen molar-refractivity contribution in [3.05, 3.63) is 77.0 Å². The molecule has 0 unspecified atom stereocenters. The van der Waals surface area contributed by atoms with E-state index in [1.165, 1.54) is 0 Å². The molecule has 6 nitrogen and oxygen atoms in total. The Balaban J connectivity index is 1.84. The standard InChI is InChI=1S/C22H22N2O4S/c1-4-27-21(26)18-14(2)24(3)22(29)23-19(18)15-10-12-17(13-11-15)28-20(25)16-8-6-5-7-9-16/h5-13,19H,4H2,1-3H3,(H,23,29)/t19-/m1/s1. The lowest BCUT2D eigenvalue weighted by molar-refractivity contribution is -0.139. The number of ether oxygens (including phenoxy) is 2. The van der Waals surface area contributed by atoms with Crippen molar-refractivity contribution in [1.29, 1.82) is 0 Å². The predicted molar refractivity (Wildman–Crippen MR) is 113 cm³/mol. The van der Waals surface area contributed by atoms with Gasteiger partial charge in [0.15, 0.2) is 5.11 Å². The van der Waals surface area contributed by atoms with Crippen LogP contribution >= 0.6 is 12.2 Å². The topological polar surface area (TPSA) is 67.9 Å². The van der Waals surface area contributed by atoms with Gasteiger partial charge in [-0.3, -0.25) is 0 Å². The summed E-state index contributed by atoms with van der Waals surface area (Å²) in [4.78, 5) is 26.5. The van der Waals surface area contributed by atoms with Crippen LogP contribution in [0.15, 0.2) is 65.9 Å². The lowest BCUT2D eigenvalue weighted by Crippen LogP contribution is -2.46. The summed E-state index contributed by atoms with van der Waals surface area (Å²) in [6.45, 7) is 3.89. The van der Waals surface area contributed by atoms with Gasteiger partial charge in [-0.1, -0.05) is 30.3 Å². The van der Waals surface area contributed by atoms with E-state index in [0.717, 1.165) is 11.3 Å². The number of benzene rings is 2. The van der Waals surface area contributed by atoms with Crippen LogP contribution in [0.25, 0.3) is 0 Å². The van der Waals surface area contributed by atoms with Crippen LogP contribution in [-0.2, 0) is 9.53 Å². The highest BCUT2D eigenvalue weighted by Gasteiger charge is 2.33. The Morgan fingerprint density at radius 1 is 1.07 bits per heavy atom. The maximum atomic E-state index is 12.6. The molecule has 0 saturated carbocycles. The van der Waals surface area contributed by atoms with E-state index in [1.807, 2.05) is 13.0 Å². The van der Waals surface area contributed by atoms with Crippen LogP contribution in [0.4, 0.5) is 0 Å². The number of carbonyl (C=O) groups excluding carboxylic acids is 2. The van der Waals surface area contributed by atoms with Crippen molar-refractivity contribution in [1.82, 2.24) is 10.2 Å². The van der Waals surface area contributed by atoms with Crippen molar-refractivity contribution in [3.63, 3.8) is 0 Å². The van der Waals surface area contributed by atoms with Gasteiger partial charge in [-0.2, -0.15) is 0 Å². The molecule has 0 saturated heterocycles. The molecular weight excluding hydrogens is 388 g/mol. The third kappa shape index (κ3) is 4.46. The fourth-order valence-electron chi connectivity index (χ4n) is 3.03. The van der Waals surface area contributed by atoms with Crippen LogP contribution in [0.1, 0.15) is 35.8 Å².